The maximum Gasteiger partial charge on any atom is 0.236 e. The fourth-order valence-corrected chi connectivity index (χ4v) is 4.20. The number of likely N-dealkylation sites (tertiary alicyclic amines) is 2. The molecule has 2 saturated heterocycles. The molecule has 1 aromatic carbocycles. The Hall–Kier alpha value is -1.88. The average molecular weight is 355 g/mol. The second-order valence-corrected chi connectivity index (χ2v) is 7.72. The first-order valence-electron chi connectivity index (χ1n) is 10.2. The molecule has 0 saturated carbocycles. The van der Waals surface area contributed by atoms with Crippen LogP contribution in [0.15, 0.2) is 28.7 Å². The summed E-state index contributed by atoms with van der Waals surface area (Å²) in [5.74, 6) is 1.46. The van der Waals surface area contributed by atoms with Gasteiger partial charge in [-0.15, -0.1) is 0 Å². The van der Waals surface area contributed by atoms with Crippen molar-refractivity contribution in [1.82, 2.24) is 14.8 Å². The Bertz CT molecular complexity index is 693. The molecule has 0 bridgehead atoms. The third kappa shape index (κ3) is 4.09. The van der Waals surface area contributed by atoms with Crippen molar-refractivity contribution in [3.05, 3.63) is 30.2 Å². The van der Waals surface area contributed by atoms with Gasteiger partial charge in [0.15, 0.2) is 11.5 Å². The zero-order valence-corrected chi connectivity index (χ0v) is 15.5. The number of oxazole rings is 1. The van der Waals surface area contributed by atoms with E-state index in [0.29, 0.717) is 18.4 Å². The van der Waals surface area contributed by atoms with Crippen molar-refractivity contribution in [1.29, 1.82) is 0 Å². The number of benzene rings is 1. The molecule has 2 fully saturated rings. The van der Waals surface area contributed by atoms with Crippen LogP contribution in [-0.4, -0.2) is 53.4 Å². The van der Waals surface area contributed by atoms with Crippen LogP contribution in [0.1, 0.15) is 56.8 Å². The monoisotopic (exact) mass is 355 g/mol. The highest BCUT2D eigenvalue weighted by Crippen LogP contribution is 2.30. The molecule has 140 valence electrons. The molecule has 0 unspecified atom stereocenters. The van der Waals surface area contributed by atoms with Crippen molar-refractivity contribution in [3.8, 4) is 0 Å². The molecule has 5 nitrogen and oxygen atoms in total. The molecule has 2 aromatic rings. The molecule has 0 N–H and O–H groups in total. The lowest BCUT2D eigenvalue weighted by Gasteiger charge is -2.33. The van der Waals surface area contributed by atoms with Gasteiger partial charge in [0, 0.05) is 19.0 Å². The van der Waals surface area contributed by atoms with Crippen molar-refractivity contribution in [3.63, 3.8) is 0 Å². The lowest BCUT2D eigenvalue weighted by Crippen LogP contribution is -2.44. The topological polar surface area (TPSA) is 49.6 Å². The molecule has 2 aliphatic rings. The second kappa shape index (κ2) is 8.21. The number of nitrogens with zero attached hydrogens (tertiary/aromatic N) is 3. The molecule has 26 heavy (non-hydrogen) atoms. The normalized spacial score (nSPS) is 20.8. The summed E-state index contributed by atoms with van der Waals surface area (Å²) in [6.45, 7) is 4.37. The van der Waals surface area contributed by atoms with Crippen molar-refractivity contribution >= 4 is 17.0 Å². The van der Waals surface area contributed by atoms with Gasteiger partial charge >= 0.3 is 0 Å². The SMILES string of the molecule is O=C(CN1CCCCCCC1)N1CCC(c2nc3ccccc3o2)CC1. The van der Waals surface area contributed by atoms with Crippen LogP contribution in [0, 0.1) is 0 Å². The van der Waals surface area contributed by atoms with Crippen LogP contribution >= 0.6 is 0 Å². The van der Waals surface area contributed by atoms with Crippen molar-refractivity contribution < 1.29 is 9.21 Å². The lowest BCUT2D eigenvalue weighted by atomic mass is 9.96. The predicted octanol–water partition coefficient (Wildman–Crippen LogP) is 3.80. The van der Waals surface area contributed by atoms with Gasteiger partial charge in [-0.3, -0.25) is 9.69 Å². The summed E-state index contributed by atoms with van der Waals surface area (Å²) in [5, 5.41) is 0. The van der Waals surface area contributed by atoms with E-state index in [4.69, 9.17) is 4.42 Å². The fourth-order valence-electron chi connectivity index (χ4n) is 4.20. The first-order chi connectivity index (χ1) is 12.8. The average Bonchev–Trinajstić information content (AvgIpc) is 3.08. The molecule has 3 heterocycles. The van der Waals surface area contributed by atoms with E-state index in [1.54, 1.807) is 0 Å². The molecule has 1 aromatic heterocycles. The minimum atomic E-state index is 0.293. The summed E-state index contributed by atoms with van der Waals surface area (Å²) < 4.78 is 5.93. The third-order valence-corrected chi connectivity index (χ3v) is 5.81. The highest BCUT2D eigenvalue weighted by Gasteiger charge is 2.27. The summed E-state index contributed by atoms with van der Waals surface area (Å²) in [4.78, 5) is 21.7. The largest absolute Gasteiger partial charge is 0.440 e. The molecule has 0 radical (unpaired) electrons. The Kier molecular flexibility index (Phi) is 5.54. The number of fused-ring (bicyclic) bond motifs is 1. The van der Waals surface area contributed by atoms with E-state index in [0.717, 1.165) is 56.0 Å². The summed E-state index contributed by atoms with van der Waals surface area (Å²) in [6.07, 6.45) is 8.31. The highest BCUT2D eigenvalue weighted by atomic mass is 16.3. The molecule has 0 aliphatic carbocycles. The van der Waals surface area contributed by atoms with Gasteiger partial charge in [0.25, 0.3) is 0 Å². The van der Waals surface area contributed by atoms with Gasteiger partial charge in [-0.25, -0.2) is 4.98 Å². The number of rotatable bonds is 3. The number of amides is 1. The van der Waals surface area contributed by atoms with Gasteiger partial charge in [0.05, 0.1) is 6.54 Å². The first kappa shape index (κ1) is 17.5. The van der Waals surface area contributed by atoms with E-state index in [1.807, 2.05) is 29.2 Å². The highest BCUT2D eigenvalue weighted by molar-refractivity contribution is 5.78. The summed E-state index contributed by atoms with van der Waals surface area (Å²) >= 11 is 0. The maximum atomic E-state index is 12.7. The Morgan fingerprint density at radius 3 is 2.42 bits per heavy atom. The van der Waals surface area contributed by atoms with Gasteiger partial charge < -0.3 is 9.32 Å². The number of piperidine rings is 1. The smallest absolute Gasteiger partial charge is 0.236 e. The van der Waals surface area contributed by atoms with E-state index in [-0.39, 0.29) is 0 Å². The van der Waals surface area contributed by atoms with E-state index in [2.05, 4.69) is 9.88 Å². The number of hydrogen-bond donors (Lipinski definition) is 0. The molecule has 1 amide bonds. The molecule has 0 spiro atoms. The molecule has 5 heteroatoms. The van der Waals surface area contributed by atoms with E-state index >= 15 is 0 Å². The lowest BCUT2D eigenvalue weighted by molar-refractivity contribution is -0.133. The van der Waals surface area contributed by atoms with Crippen LogP contribution in [0.4, 0.5) is 0 Å². The van der Waals surface area contributed by atoms with Gasteiger partial charge in [-0.1, -0.05) is 31.4 Å². The summed E-state index contributed by atoms with van der Waals surface area (Å²) in [6, 6.07) is 7.92. The van der Waals surface area contributed by atoms with Crippen LogP contribution in [0.5, 0.6) is 0 Å². The van der Waals surface area contributed by atoms with Gasteiger partial charge in [-0.05, 0) is 50.9 Å². The van der Waals surface area contributed by atoms with E-state index in [9.17, 15) is 4.79 Å². The van der Waals surface area contributed by atoms with Gasteiger partial charge in [0.2, 0.25) is 5.91 Å². The zero-order valence-electron chi connectivity index (χ0n) is 15.5. The molecular formula is C21H29N3O2. The number of aromatic nitrogens is 1. The number of para-hydroxylation sites is 2. The van der Waals surface area contributed by atoms with Crippen molar-refractivity contribution in [2.45, 2.75) is 50.9 Å². The molecule has 0 atom stereocenters. The fraction of sp³-hybridized carbons (Fsp3) is 0.619. The van der Waals surface area contributed by atoms with E-state index < -0.39 is 0 Å². The van der Waals surface area contributed by atoms with Crippen LogP contribution in [-0.2, 0) is 4.79 Å². The van der Waals surface area contributed by atoms with E-state index in [1.165, 1.54) is 32.1 Å². The standard InChI is InChI=1S/C21H29N3O2/c25-20(16-23-12-6-2-1-3-7-13-23)24-14-10-17(11-15-24)21-22-18-8-4-5-9-19(18)26-21/h4-5,8-9,17H,1-3,6-7,10-16H2. The van der Waals surface area contributed by atoms with Crippen LogP contribution in [0.25, 0.3) is 11.1 Å². The quantitative estimate of drug-likeness (QED) is 0.840. The zero-order chi connectivity index (χ0) is 17.8. The van der Waals surface area contributed by atoms with Crippen LogP contribution < -0.4 is 0 Å². The summed E-state index contributed by atoms with van der Waals surface area (Å²) in [7, 11) is 0. The molecular weight excluding hydrogens is 326 g/mol. The number of carbonyl (C=O) groups excluding carboxylic acids is 1. The van der Waals surface area contributed by atoms with Gasteiger partial charge in [-0.2, -0.15) is 0 Å². The van der Waals surface area contributed by atoms with Crippen molar-refractivity contribution in [2.75, 3.05) is 32.7 Å². The Labute approximate surface area is 155 Å². The minimum absolute atomic E-state index is 0.293. The Balaban J connectivity index is 1.30. The molecule has 4 rings (SSSR count). The van der Waals surface area contributed by atoms with Crippen molar-refractivity contribution in [2.24, 2.45) is 0 Å². The summed E-state index contributed by atoms with van der Waals surface area (Å²) in [5.41, 5.74) is 1.79. The third-order valence-electron chi connectivity index (χ3n) is 5.81. The van der Waals surface area contributed by atoms with Gasteiger partial charge in [0.1, 0.15) is 5.52 Å². The minimum Gasteiger partial charge on any atom is -0.440 e. The number of carbonyl (C=O) groups is 1. The first-order valence-corrected chi connectivity index (χ1v) is 10.2. The second-order valence-electron chi connectivity index (χ2n) is 7.72. The molecule has 2 aliphatic heterocycles. The predicted molar refractivity (Wildman–Crippen MR) is 102 cm³/mol. The number of hydrogen-bond acceptors (Lipinski definition) is 4. The Morgan fingerprint density at radius 1 is 1.00 bits per heavy atom. The van der Waals surface area contributed by atoms with Crippen LogP contribution in [0.2, 0.25) is 0 Å². The Morgan fingerprint density at radius 2 is 1.69 bits per heavy atom. The maximum absolute atomic E-state index is 12.7. The van der Waals surface area contributed by atoms with Crippen LogP contribution in [0.3, 0.4) is 0 Å².